The molecule has 0 aliphatic carbocycles. The Kier molecular flexibility index (Phi) is 10.7. The topological polar surface area (TPSA) is 37.4 Å². The fourth-order valence-corrected chi connectivity index (χ4v) is 5.49. The van der Waals surface area contributed by atoms with Gasteiger partial charge in [-0.25, -0.2) is 12.7 Å². The van der Waals surface area contributed by atoms with Gasteiger partial charge >= 0.3 is 0 Å². The minimum atomic E-state index is -3.56. The molecule has 0 heterocycles. The summed E-state index contributed by atoms with van der Waals surface area (Å²) in [6.45, 7) is 19.5. The number of benzene rings is 1. The molecule has 0 unspecified atom stereocenters. The molecule has 31 heavy (non-hydrogen) atoms. The van der Waals surface area contributed by atoms with Crippen molar-refractivity contribution in [3.63, 3.8) is 0 Å². The predicted molar refractivity (Wildman–Crippen MR) is 136 cm³/mol. The van der Waals surface area contributed by atoms with Gasteiger partial charge in [0.15, 0.2) is 0 Å². The fraction of sp³-hybridized carbons (Fsp3) is 0.630. The molecular weight excluding hydrogens is 402 g/mol. The molecule has 0 spiro atoms. The second kappa shape index (κ2) is 12.0. The smallest absolute Gasteiger partial charge is 0.207 e. The van der Waals surface area contributed by atoms with Crippen molar-refractivity contribution in [2.24, 2.45) is 0 Å². The highest BCUT2D eigenvalue weighted by Gasteiger charge is 2.29. The first-order chi connectivity index (χ1) is 14.3. The molecule has 0 aromatic heterocycles. The van der Waals surface area contributed by atoms with E-state index in [2.05, 4.69) is 86.6 Å². The summed E-state index contributed by atoms with van der Waals surface area (Å²) in [6.07, 6.45) is 7.22. The molecule has 0 amide bonds. The predicted octanol–water partition coefficient (Wildman–Crippen LogP) is 7.76. The maximum atomic E-state index is 13.7. The molecule has 0 fully saturated rings. The summed E-state index contributed by atoms with van der Waals surface area (Å²) < 4.78 is 28.9. The number of rotatable bonds is 11. The summed E-state index contributed by atoms with van der Waals surface area (Å²) in [5.74, 6) is 0.655. The Morgan fingerprint density at radius 3 is 1.81 bits per heavy atom. The molecule has 0 bridgehead atoms. The third-order valence-corrected chi connectivity index (χ3v) is 7.77. The van der Waals surface area contributed by atoms with Crippen molar-refractivity contribution in [3.8, 4) is 0 Å². The maximum Gasteiger partial charge on any atom is 0.243 e. The highest BCUT2D eigenvalue weighted by Crippen LogP contribution is 2.36. The van der Waals surface area contributed by atoms with Crippen LogP contribution in [0.1, 0.15) is 116 Å². The van der Waals surface area contributed by atoms with Crippen LogP contribution in [0.4, 0.5) is 0 Å². The number of sulfonamides is 1. The first-order valence-corrected chi connectivity index (χ1v) is 13.2. The summed E-state index contributed by atoms with van der Waals surface area (Å²) in [4.78, 5) is 0.522. The average Bonchev–Trinajstić information content (AvgIpc) is 2.66. The van der Waals surface area contributed by atoms with Crippen LogP contribution in [0.2, 0.25) is 0 Å². The Morgan fingerprint density at radius 1 is 0.871 bits per heavy atom. The van der Waals surface area contributed by atoms with Crippen molar-refractivity contribution in [3.05, 3.63) is 52.1 Å². The van der Waals surface area contributed by atoms with Gasteiger partial charge in [-0.3, -0.25) is 0 Å². The van der Waals surface area contributed by atoms with Gasteiger partial charge in [0, 0.05) is 13.6 Å². The lowest BCUT2D eigenvalue weighted by Crippen LogP contribution is -2.30. The molecular formula is C27H45NO2S. The van der Waals surface area contributed by atoms with Crippen LogP contribution in [0, 0.1) is 0 Å². The van der Waals surface area contributed by atoms with E-state index in [1.807, 2.05) is 0 Å². The molecule has 0 atom stereocenters. The third kappa shape index (κ3) is 7.91. The Bertz CT molecular complexity index is 857. The number of hydrogen-bond acceptors (Lipinski definition) is 2. The van der Waals surface area contributed by atoms with Gasteiger partial charge in [-0.2, -0.15) is 0 Å². The Balaban J connectivity index is 3.20. The van der Waals surface area contributed by atoms with E-state index >= 15 is 0 Å². The third-order valence-electron chi connectivity index (χ3n) is 5.78. The summed E-state index contributed by atoms with van der Waals surface area (Å²) in [6, 6.07) is 4.21. The van der Waals surface area contributed by atoms with Crippen LogP contribution >= 0.6 is 0 Å². The SMILES string of the molecule is CC(C)=CCC/C(C)=C/CCN(C)S(=O)(=O)c1c(C(C)C)cc(C(C)C)cc1C(C)C. The van der Waals surface area contributed by atoms with E-state index in [0.717, 1.165) is 30.4 Å². The maximum absolute atomic E-state index is 13.7. The summed E-state index contributed by atoms with van der Waals surface area (Å²) in [5, 5.41) is 0. The molecule has 0 radical (unpaired) electrons. The molecule has 0 N–H and O–H groups in total. The second-order valence-electron chi connectivity index (χ2n) is 9.98. The zero-order chi connectivity index (χ0) is 23.9. The second-order valence-corrected chi connectivity index (χ2v) is 12.0. The van der Waals surface area contributed by atoms with E-state index in [4.69, 9.17) is 0 Å². The Hall–Kier alpha value is -1.39. The van der Waals surface area contributed by atoms with E-state index in [1.165, 1.54) is 21.0 Å². The highest BCUT2D eigenvalue weighted by molar-refractivity contribution is 7.89. The molecule has 0 saturated heterocycles. The summed E-state index contributed by atoms with van der Waals surface area (Å²) >= 11 is 0. The molecule has 1 aromatic rings. The standard InChI is InChI=1S/C27H45NO2S/c1-19(2)13-11-14-23(9)15-12-16-28(10)31(29,30)27-25(21(5)6)17-24(20(3)4)18-26(27)22(7)8/h13,15,17-18,20-22H,11-12,14,16H2,1-10H3/b23-15+. The van der Waals surface area contributed by atoms with E-state index in [1.54, 1.807) is 7.05 Å². The molecule has 0 aliphatic rings. The zero-order valence-electron chi connectivity index (χ0n) is 21.5. The molecule has 0 aliphatic heterocycles. The lowest BCUT2D eigenvalue weighted by molar-refractivity contribution is 0.471. The quantitative estimate of drug-likeness (QED) is 0.325. The van der Waals surface area contributed by atoms with Crippen molar-refractivity contribution >= 4 is 10.0 Å². The fourth-order valence-electron chi connectivity index (χ4n) is 3.65. The van der Waals surface area contributed by atoms with Gasteiger partial charge in [0.05, 0.1) is 4.90 Å². The van der Waals surface area contributed by atoms with Crippen molar-refractivity contribution in [2.75, 3.05) is 13.6 Å². The van der Waals surface area contributed by atoms with Gasteiger partial charge in [0.1, 0.15) is 0 Å². The molecule has 4 heteroatoms. The highest BCUT2D eigenvalue weighted by atomic mass is 32.2. The van der Waals surface area contributed by atoms with Gasteiger partial charge in [-0.15, -0.1) is 0 Å². The minimum Gasteiger partial charge on any atom is -0.207 e. The normalized spacial score (nSPS) is 13.0. The van der Waals surface area contributed by atoms with E-state index in [0.29, 0.717) is 17.4 Å². The Morgan fingerprint density at radius 2 is 1.39 bits per heavy atom. The first kappa shape index (κ1) is 27.6. The number of nitrogens with zero attached hydrogens (tertiary/aromatic N) is 1. The van der Waals surface area contributed by atoms with Gasteiger partial charge < -0.3 is 0 Å². The lowest BCUT2D eigenvalue weighted by Gasteiger charge is -2.26. The lowest BCUT2D eigenvalue weighted by atomic mass is 9.89. The first-order valence-electron chi connectivity index (χ1n) is 11.7. The number of allylic oxidation sites excluding steroid dienone is 3. The monoisotopic (exact) mass is 447 g/mol. The van der Waals surface area contributed by atoms with Crippen LogP contribution in [0.5, 0.6) is 0 Å². The largest absolute Gasteiger partial charge is 0.243 e. The van der Waals surface area contributed by atoms with E-state index < -0.39 is 10.0 Å². The van der Waals surface area contributed by atoms with Gasteiger partial charge in [0.2, 0.25) is 10.0 Å². The molecule has 176 valence electrons. The van der Waals surface area contributed by atoms with Gasteiger partial charge in [-0.1, -0.05) is 77.0 Å². The van der Waals surface area contributed by atoms with Crippen molar-refractivity contribution < 1.29 is 8.42 Å². The van der Waals surface area contributed by atoms with Crippen LogP contribution < -0.4 is 0 Å². The molecule has 1 aromatic carbocycles. The van der Waals surface area contributed by atoms with Crippen LogP contribution in [0.25, 0.3) is 0 Å². The van der Waals surface area contributed by atoms with Crippen LogP contribution in [-0.2, 0) is 10.0 Å². The van der Waals surface area contributed by atoms with Gasteiger partial charge in [-0.05, 0) is 74.5 Å². The van der Waals surface area contributed by atoms with E-state index in [9.17, 15) is 8.42 Å². The average molecular weight is 448 g/mol. The summed E-state index contributed by atoms with van der Waals surface area (Å²) in [5.41, 5.74) is 5.74. The Labute approximate surface area is 192 Å². The molecule has 0 saturated carbocycles. The molecule has 3 nitrogen and oxygen atoms in total. The number of hydrogen-bond donors (Lipinski definition) is 0. The minimum absolute atomic E-state index is 0.145. The van der Waals surface area contributed by atoms with Crippen molar-refractivity contribution in [1.82, 2.24) is 4.31 Å². The van der Waals surface area contributed by atoms with Crippen LogP contribution in [0.3, 0.4) is 0 Å². The van der Waals surface area contributed by atoms with E-state index in [-0.39, 0.29) is 11.8 Å². The van der Waals surface area contributed by atoms with Crippen molar-refractivity contribution in [2.45, 2.75) is 104 Å². The molecule has 1 rings (SSSR count). The zero-order valence-corrected chi connectivity index (χ0v) is 22.4. The van der Waals surface area contributed by atoms with Crippen LogP contribution in [0.15, 0.2) is 40.3 Å². The van der Waals surface area contributed by atoms with Gasteiger partial charge in [0.25, 0.3) is 0 Å². The van der Waals surface area contributed by atoms with Crippen molar-refractivity contribution in [1.29, 1.82) is 0 Å². The van der Waals surface area contributed by atoms with Crippen LogP contribution in [-0.4, -0.2) is 26.3 Å². The summed E-state index contributed by atoms with van der Waals surface area (Å²) in [7, 11) is -1.85.